The molecular formula is C18H22N2O3. The van der Waals surface area contributed by atoms with Crippen LogP contribution in [0.25, 0.3) is 0 Å². The number of urea groups is 1. The Balaban J connectivity index is 1.69. The Morgan fingerprint density at radius 3 is 2.43 bits per heavy atom. The van der Waals surface area contributed by atoms with Gasteiger partial charge in [0.15, 0.2) is 0 Å². The van der Waals surface area contributed by atoms with Gasteiger partial charge in [0, 0.05) is 18.3 Å². The fourth-order valence-electron chi connectivity index (χ4n) is 2.16. The van der Waals surface area contributed by atoms with E-state index in [9.17, 15) is 4.79 Å². The van der Waals surface area contributed by atoms with E-state index in [1.54, 1.807) is 20.3 Å². The van der Waals surface area contributed by atoms with Crippen LogP contribution in [0.4, 0.5) is 10.5 Å². The van der Waals surface area contributed by atoms with Crippen molar-refractivity contribution in [3.05, 3.63) is 54.1 Å². The molecule has 0 unspecified atom stereocenters. The van der Waals surface area contributed by atoms with E-state index in [0.29, 0.717) is 18.0 Å². The molecule has 0 spiro atoms. The monoisotopic (exact) mass is 314 g/mol. The van der Waals surface area contributed by atoms with Crippen molar-refractivity contribution in [1.29, 1.82) is 0 Å². The second-order valence-corrected chi connectivity index (χ2v) is 5.06. The Bertz CT molecular complexity index is 626. The van der Waals surface area contributed by atoms with Crippen LogP contribution >= 0.6 is 0 Å². The summed E-state index contributed by atoms with van der Waals surface area (Å²) in [5, 5.41) is 5.63. The van der Waals surface area contributed by atoms with Crippen LogP contribution in [0.5, 0.6) is 11.5 Å². The number of nitrogens with one attached hydrogen (secondary N) is 2. The summed E-state index contributed by atoms with van der Waals surface area (Å²) in [5.74, 6) is 1.56. The van der Waals surface area contributed by atoms with Crippen LogP contribution < -0.4 is 20.1 Å². The first-order valence-electron chi connectivity index (χ1n) is 7.53. The highest BCUT2D eigenvalue weighted by Crippen LogP contribution is 2.16. The predicted molar refractivity (Wildman–Crippen MR) is 91.3 cm³/mol. The lowest BCUT2D eigenvalue weighted by Crippen LogP contribution is -2.29. The Kier molecular flexibility index (Phi) is 6.29. The minimum absolute atomic E-state index is 0.215. The van der Waals surface area contributed by atoms with Gasteiger partial charge < -0.3 is 20.1 Å². The minimum atomic E-state index is -0.215. The number of hydrogen-bond donors (Lipinski definition) is 2. The Morgan fingerprint density at radius 2 is 1.74 bits per heavy atom. The van der Waals surface area contributed by atoms with Gasteiger partial charge in [0.25, 0.3) is 0 Å². The van der Waals surface area contributed by atoms with Crippen LogP contribution in [0, 0.1) is 0 Å². The molecular weight excluding hydrogens is 292 g/mol. The molecule has 2 amide bonds. The van der Waals surface area contributed by atoms with Crippen molar-refractivity contribution in [2.24, 2.45) is 0 Å². The highest BCUT2D eigenvalue weighted by Gasteiger charge is 2.02. The number of carbonyl (C=O) groups is 1. The third-order valence-electron chi connectivity index (χ3n) is 3.41. The number of carbonyl (C=O) groups excluding carboxylic acids is 1. The molecule has 2 aromatic rings. The van der Waals surface area contributed by atoms with E-state index in [2.05, 4.69) is 10.6 Å². The van der Waals surface area contributed by atoms with Crippen LogP contribution in [-0.2, 0) is 6.42 Å². The first kappa shape index (κ1) is 16.7. The van der Waals surface area contributed by atoms with Crippen molar-refractivity contribution >= 4 is 11.7 Å². The second kappa shape index (κ2) is 8.68. The molecule has 0 aliphatic heterocycles. The van der Waals surface area contributed by atoms with Gasteiger partial charge in [-0.25, -0.2) is 4.79 Å². The maximum atomic E-state index is 11.8. The van der Waals surface area contributed by atoms with Gasteiger partial charge in [0.05, 0.1) is 14.2 Å². The molecule has 122 valence electrons. The van der Waals surface area contributed by atoms with E-state index in [4.69, 9.17) is 9.47 Å². The molecule has 0 saturated heterocycles. The molecule has 2 rings (SSSR count). The topological polar surface area (TPSA) is 59.6 Å². The largest absolute Gasteiger partial charge is 0.497 e. The number of amides is 2. The van der Waals surface area contributed by atoms with Gasteiger partial charge in [0.1, 0.15) is 11.5 Å². The van der Waals surface area contributed by atoms with Crippen molar-refractivity contribution in [3.8, 4) is 11.5 Å². The summed E-state index contributed by atoms with van der Waals surface area (Å²) < 4.78 is 10.2. The van der Waals surface area contributed by atoms with Gasteiger partial charge in [-0.15, -0.1) is 0 Å². The third-order valence-corrected chi connectivity index (χ3v) is 3.41. The van der Waals surface area contributed by atoms with Crippen LogP contribution in [0.2, 0.25) is 0 Å². The summed E-state index contributed by atoms with van der Waals surface area (Å²) in [6.45, 7) is 0.613. The van der Waals surface area contributed by atoms with E-state index in [0.717, 1.165) is 18.6 Å². The molecule has 2 aromatic carbocycles. The van der Waals surface area contributed by atoms with Crippen molar-refractivity contribution < 1.29 is 14.3 Å². The Labute approximate surface area is 136 Å². The van der Waals surface area contributed by atoms with Crippen molar-refractivity contribution in [2.45, 2.75) is 12.8 Å². The smallest absolute Gasteiger partial charge is 0.319 e. The maximum absolute atomic E-state index is 11.8. The molecule has 0 atom stereocenters. The lowest BCUT2D eigenvalue weighted by Gasteiger charge is -2.09. The highest BCUT2D eigenvalue weighted by atomic mass is 16.5. The van der Waals surface area contributed by atoms with E-state index in [1.807, 2.05) is 42.5 Å². The van der Waals surface area contributed by atoms with Gasteiger partial charge in [-0.3, -0.25) is 0 Å². The van der Waals surface area contributed by atoms with Crippen LogP contribution in [0.1, 0.15) is 12.0 Å². The normalized spacial score (nSPS) is 10.0. The summed E-state index contributed by atoms with van der Waals surface area (Å²) in [7, 11) is 3.25. The molecule has 0 bridgehead atoms. The quantitative estimate of drug-likeness (QED) is 0.770. The van der Waals surface area contributed by atoms with E-state index in [-0.39, 0.29) is 6.03 Å². The number of ether oxygens (including phenoxy) is 2. The molecule has 0 radical (unpaired) electrons. The average molecular weight is 314 g/mol. The average Bonchev–Trinajstić information content (AvgIpc) is 2.59. The van der Waals surface area contributed by atoms with Gasteiger partial charge in [-0.2, -0.15) is 0 Å². The standard InChI is InChI=1S/C18H22N2O3/c1-22-16-10-8-14(9-11-16)5-4-12-19-18(21)20-15-6-3-7-17(13-15)23-2/h3,6-11,13H,4-5,12H2,1-2H3,(H2,19,20,21). The SMILES string of the molecule is COc1ccc(CCCNC(=O)Nc2cccc(OC)c2)cc1. The third kappa shape index (κ3) is 5.54. The van der Waals surface area contributed by atoms with Gasteiger partial charge in [-0.1, -0.05) is 18.2 Å². The van der Waals surface area contributed by atoms with Crippen LogP contribution in [0.15, 0.2) is 48.5 Å². The molecule has 23 heavy (non-hydrogen) atoms. The number of rotatable bonds is 7. The van der Waals surface area contributed by atoms with Crippen LogP contribution in [-0.4, -0.2) is 26.8 Å². The predicted octanol–water partition coefficient (Wildman–Crippen LogP) is 3.46. The molecule has 0 heterocycles. The summed E-state index contributed by atoms with van der Waals surface area (Å²) in [6.07, 6.45) is 1.78. The molecule has 0 fully saturated rings. The minimum Gasteiger partial charge on any atom is -0.497 e. The Hall–Kier alpha value is -2.69. The highest BCUT2D eigenvalue weighted by molar-refractivity contribution is 5.89. The number of methoxy groups -OCH3 is 2. The molecule has 5 heteroatoms. The zero-order valence-corrected chi connectivity index (χ0v) is 13.5. The van der Waals surface area contributed by atoms with Gasteiger partial charge in [0.2, 0.25) is 0 Å². The molecule has 2 N–H and O–H groups in total. The lowest BCUT2D eigenvalue weighted by molar-refractivity contribution is 0.252. The number of benzene rings is 2. The molecule has 5 nitrogen and oxygen atoms in total. The number of hydrogen-bond acceptors (Lipinski definition) is 3. The van der Waals surface area contributed by atoms with Crippen molar-refractivity contribution in [3.63, 3.8) is 0 Å². The number of aryl methyl sites for hydroxylation is 1. The summed E-state index contributed by atoms with van der Waals surface area (Å²) in [6, 6.07) is 15.0. The fraction of sp³-hybridized carbons (Fsp3) is 0.278. The first-order chi connectivity index (χ1) is 11.2. The summed E-state index contributed by atoms with van der Waals surface area (Å²) in [4.78, 5) is 11.8. The number of anilines is 1. The van der Waals surface area contributed by atoms with E-state index < -0.39 is 0 Å². The first-order valence-corrected chi connectivity index (χ1v) is 7.53. The lowest BCUT2D eigenvalue weighted by atomic mass is 10.1. The van der Waals surface area contributed by atoms with Crippen molar-refractivity contribution in [2.75, 3.05) is 26.1 Å². The molecule has 0 aliphatic carbocycles. The molecule has 0 aromatic heterocycles. The van der Waals surface area contributed by atoms with E-state index in [1.165, 1.54) is 5.56 Å². The zero-order valence-electron chi connectivity index (χ0n) is 13.5. The van der Waals surface area contributed by atoms with Crippen LogP contribution in [0.3, 0.4) is 0 Å². The zero-order chi connectivity index (χ0) is 16.5. The van der Waals surface area contributed by atoms with Gasteiger partial charge >= 0.3 is 6.03 Å². The van der Waals surface area contributed by atoms with E-state index >= 15 is 0 Å². The second-order valence-electron chi connectivity index (χ2n) is 5.06. The molecule has 0 aliphatic rings. The van der Waals surface area contributed by atoms with Crippen molar-refractivity contribution in [1.82, 2.24) is 5.32 Å². The van der Waals surface area contributed by atoms with Gasteiger partial charge in [-0.05, 0) is 42.7 Å². The summed E-state index contributed by atoms with van der Waals surface area (Å²) in [5.41, 5.74) is 1.93. The maximum Gasteiger partial charge on any atom is 0.319 e. The molecule has 0 saturated carbocycles. The Morgan fingerprint density at radius 1 is 1.00 bits per heavy atom. The summed E-state index contributed by atoms with van der Waals surface area (Å²) >= 11 is 0. The fourth-order valence-corrected chi connectivity index (χ4v) is 2.16.